The Bertz CT molecular complexity index is 309. The van der Waals surface area contributed by atoms with Crippen molar-refractivity contribution in [1.82, 2.24) is 14.5 Å². The molecule has 17 heavy (non-hydrogen) atoms. The quantitative estimate of drug-likeness (QED) is 0.675. The van der Waals surface area contributed by atoms with E-state index in [1.54, 1.807) is 14.1 Å². The minimum atomic E-state index is -3.05. The van der Waals surface area contributed by atoms with E-state index in [0.29, 0.717) is 12.5 Å². The Hall–Kier alpha value is -0.170. The van der Waals surface area contributed by atoms with Gasteiger partial charge in [0.1, 0.15) is 0 Å². The normalized spacial score (nSPS) is 20.0. The van der Waals surface area contributed by atoms with Gasteiger partial charge >= 0.3 is 0 Å². The monoisotopic (exact) mass is 263 g/mol. The molecular formula is C11H25N3O2S. The standard InChI is InChI=1S/C11H25N3O2S/c1-13(2)17(15,16)9-6-12-10-11-4-7-14(3)8-5-11/h11-12H,4-10H2,1-3H3. The van der Waals surface area contributed by atoms with Crippen LogP contribution in [0.5, 0.6) is 0 Å². The van der Waals surface area contributed by atoms with Crippen LogP contribution in [0.3, 0.4) is 0 Å². The van der Waals surface area contributed by atoms with Crippen LogP contribution in [0.4, 0.5) is 0 Å². The molecule has 5 nitrogen and oxygen atoms in total. The molecule has 0 saturated carbocycles. The van der Waals surface area contributed by atoms with Gasteiger partial charge in [-0.3, -0.25) is 0 Å². The van der Waals surface area contributed by atoms with Crippen LogP contribution in [0, 0.1) is 5.92 Å². The molecule has 0 aromatic carbocycles. The fourth-order valence-electron chi connectivity index (χ4n) is 1.96. The lowest BCUT2D eigenvalue weighted by molar-refractivity contribution is 0.217. The summed E-state index contributed by atoms with van der Waals surface area (Å²) in [6.07, 6.45) is 2.42. The summed E-state index contributed by atoms with van der Waals surface area (Å²) in [5, 5.41) is 3.26. The highest BCUT2D eigenvalue weighted by Crippen LogP contribution is 2.14. The van der Waals surface area contributed by atoms with Crippen LogP contribution >= 0.6 is 0 Å². The number of nitrogens with zero attached hydrogens (tertiary/aromatic N) is 2. The van der Waals surface area contributed by atoms with Crippen molar-refractivity contribution in [2.45, 2.75) is 12.8 Å². The average Bonchev–Trinajstić information content (AvgIpc) is 2.26. The van der Waals surface area contributed by atoms with E-state index >= 15 is 0 Å². The first-order chi connectivity index (χ1) is 7.92. The lowest BCUT2D eigenvalue weighted by Gasteiger charge is -2.29. The van der Waals surface area contributed by atoms with Crippen LogP contribution in [0.2, 0.25) is 0 Å². The molecule has 1 aliphatic heterocycles. The molecule has 0 spiro atoms. The Morgan fingerprint density at radius 2 is 1.88 bits per heavy atom. The summed E-state index contributed by atoms with van der Waals surface area (Å²) in [5.74, 6) is 0.889. The van der Waals surface area contributed by atoms with Gasteiger partial charge in [0, 0.05) is 20.6 Å². The molecule has 1 fully saturated rings. The lowest BCUT2D eigenvalue weighted by Crippen LogP contribution is -2.37. The SMILES string of the molecule is CN1CCC(CNCCS(=O)(=O)N(C)C)CC1. The highest BCUT2D eigenvalue weighted by Gasteiger charge is 2.17. The summed E-state index contributed by atoms with van der Waals surface area (Å²) in [6, 6.07) is 0. The topological polar surface area (TPSA) is 52.7 Å². The molecule has 0 aliphatic carbocycles. The van der Waals surface area contributed by atoms with Crippen molar-refractivity contribution in [2.24, 2.45) is 5.92 Å². The molecule has 0 bridgehead atoms. The van der Waals surface area contributed by atoms with Gasteiger partial charge in [0.2, 0.25) is 10.0 Å². The van der Waals surface area contributed by atoms with Crippen molar-refractivity contribution in [3.63, 3.8) is 0 Å². The Kier molecular flexibility index (Phi) is 5.85. The second-order valence-electron chi connectivity index (χ2n) is 5.05. The van der Waals surface area contributed by atoms with Gasteiger partial charge in [-0.25, -0.2) is 12.7 Å². The van der Waals surface area contributed by atoms with Gasteiger partial charge in [0.15, 0.2) is 0 Å². The van der Waals surface area contributed by atoms with Crippen LogP contribution in [0.1, 0.15) is 12.8 Å². The first-order valence-electron chi connectivity index (χ1n) is 6.21. The number of hydrogen-bond acceptors (Lipinski definition) is 4. The van der Waals surface area contributed by atoms with Crippen LogP contribution in [0.15, 0.2) is 0 Å². The molecule has 1 saturated heterocycles. The van der Waals surface area contributed by atoms with Crippen LogP contribution in [0.25, 0.3) is 0 Å². The first-order valence-corrected chi connectivity index (χ1v) is 7.82. The summed E-state index contributed by atoms with van der Waals surface area (Å²) in [7, 11) is 2.25. The lowest BCUT2D eigenvalue weighted by atomic mass is 9.97. The van der Waals surface area contributed by atoms with Crippen molar-refractivity contribution < 1.29 is 8.42 Å². The molecule has 1 aliphatic rings. The zero-order valence-corrected chi connectivity index (χ0v) is 12.0. The number of likely N-dealkylation sites (tertiary alicyclic amines) is 1. The van der Waals surface area contributed by atoms with Gasteiger partial charge in [-0.05, 0) is 45.4 Å². The van der Waals surface area contributed by atoms with Gasteiger partial charge in [-0.1, -0.05) is 0 Å². The average molecular weight is 263 g/mol. The maximum Gasteiger partial charge on any atom is 0.214 e. The summed E-state index contributed by atoms with van der Waals surface area (Å²) in [4.78, 5) is 2.34. The zero-order chi connectivity index (χ0) is 12.9. The van der Waals surface area contributed by atoms with Gasteiger partial charge in [-0.15, -0.1) is 0 Å². The number of nitrogens with one attached hydrogen (secondary N) is 1. The molecule has 102 valence electrons. The van der Waals surface area contributed by atoms with Crippen LogP contribution in [-0.2, 0) is 10.0 Å². The van der Waals surface area contributed by atoms with Gasteiger partial charge in [-0.2, -0.15) is 0 Å². The molecule has 0 atom stereocenters. The van der Waals surface area contributed by atoms with Crippen LogP contribution in [-0.4, -0.2) is 70.7 Å². The highest BCUT2D eigenvalue weighted by molar-refractivity contribution is 7.89. The number of rotatable bonds is 6. The molecule has 0 radical (unpaired) electrons. The fourth-order valence-corrected chi connectivity index (χ4v) is 2.72. The summed E-state index contributed by atoms with van der Waals surface area (Å²) in [5.41, 5.74) is 0. The Balaban J connectivity index is 2.12. The minimum absolute atomic E-state index is 0.187. The second-order valence-corrected chi connectivity index (χ2v) is 7.35. The van der Waals surface area contributed by atoms with Crippen molar-refractivity contribution >= 4 is 10.0 Å². The van der Waals surface area contributed by atoms with Gasteiger partial charge in [0.25, 0.3) is 0 Å². The summed E-state index contributed by atoms with van der Waals surface area (Å²) >= 11 is 0. The molecule has 0 unspecified atom stereocenters. The number of hydrogen-bond donors (Lipinski definition) is 1. The summed E-state index contributed by atoms with van der Waals surface area (Å²) in [6.45, 7) is 3.80. The summed E-state index contributed by atoms with van der Waals surface area (Å²) < 4.78 is 24.3. The van der Waals surface area contributed by atoms with E-state index in [1.807, 2.05) is 0 Å². The van der Waals surface area contributed by atoms with Gasteiger partial charge < -0.3 is 10.2 Å². The van der Waals surface area contributed by atoms with Crippen molar-refractivity contribution in [3.8, 4) is 0 Å². The van der Waals surface area contributed by atoms with Crippen LogP contribution < -0.4 is 5.32 Å². The maximum atomic E-state index is 11.5. The van der Waals surface area contributed by atoms with E-state index in [1.165, 1.54) is 17.1 Å². The predicted octanol–water partition coefficient (Wildman–Crippen LogP) is -0.191. The molecule has 0 amide bonds. The minimum Gasteiger partial charge on any atom is -0.315 e. The molecule has 1 N–H and O–H groups in total. The first kappa shape index (κ1) is 14.9. The number of sulfonamides is 1. The van der Waals surface area contributed by atoms with Crippen molar-refractivity contribution in [3.05, 3.63) is 0 Å². The third-order valence-corrected chi connectivity index (χ3v) is 5.20. The van der Waals surface area contributed by atoms with E-state index in [4.69, 9.17) is 0 Å². The second kappa shape index (κ2) is 6.68. The van der Waals surface area contributed by atoms with E-state index in [2.05, 4.69) is 17.3 Å². The highest BCUT2D eigenvalue weighted by atomic mass is 32.2. The van der Waals surface area contributed by atoms with E-state index < -0.39 is 10.0 Å². The molecule has 6 heteroatoms. The van der Waals surface area contributed by atoms with Crippen molar-refractivity contribution in [1.29, 1.82) is 0 Å². The van der Waals surface area contributed by atoms with E-state index in [0.717, 1.165) is 19.6 Å². The Morgan fingerprint density at radius 1 is 1.29 bits per heavy atom. The van der Waals surface area contributed by atoms with Gasteiger partial charge in [0.05, 0.1) is 5.75 Å². The predicted molar refractivity (Wildman–Crippen MR) is 70.6 cm³/mol. The molecular weight excluding hydrogens is 238 g/mol. The third kappa shape index (κ3) is 5.33. The molecule has 1 rings (SSSR count). The fraction of sp³-hybridized carbons (Fsp3) is 1.00. The van der Waals surface area contributed by atoms with E-state index in [-0.39, 0.29) is 5.75 Å². The third-order valence-electron chi connectivity index (χ3n) is 3.36. The zero-order valence-electron chi connectivity index (χ0n) is 11.1. The largest absolute Gasteiger partial charge is 0.315 e. The maximum absolute atomic E-state index is 11.5. The van der Waals surface area contributed by atoms with E-state index in [9.17, 15) is 8.42 Å². The Morgan fingerprint density at radius 3 is 2.41 bits per heavy atom. The Labute approximate surface area is 105 Å². The molecule has 1 heterocycles. The smallest absolute Gasteiger partial charge is 0.214 e. The molecule has 0 aromatic rings. The van der Waals surface area contributed by atoms with Crippen molar-refractivity contribution in [2.75, 3.05) is 53.1 Å². The molecule has 0 aromatic heterocycles. The number of piperidine rings is 1.